The first-order valence-corrected chi connectivity index (χ1v) is 12.1. The maximum atomic E-state index is 13.1. The summed E-state index contributed by atoms with van der Waals surface area (Å²) < 4.78 is 32.9. The Bertz CT molecular complexity index is 1110. The van der Waals surface area contributed by atoms with Crippen molar-refractivity contribution in [3.05, 3.63) is 58.6 Å². The molecular weight excluding hydrogens is 454 g/mol. The van der Waals surface area contributed by atoms with Crippen LogP contribution in [0.5, 0.6) is 0 Å². The van der Waals surface area contributed by atoms with Crippen molar-refractivity contribution in [1.29, 1.82) is 0 Å². The highest BCUT2D eigenvalue weighted by Gasteiger charge is 2.34. The van der Waals surface area contributed by atoms with E-state index in [0.717, 1.165) is 5.56 Å². The predicted molar refractivity (Wildman–Crippen MR) is 122 cm³/mol. The maximum Gasteiger partial charge on any atom is 0.261 e. The average molecular weight is 480 g/mol. The second-order valence-corrected chi connectivity index (χ2v) is 9.63. The molecule has 32 heavy (non-hydrogen) atoms. The Labute approximate surface area is 192 Å². The molecule has 3 rings (SSSR count). The Morgan fingerprint density at radius 3 is 2.72 bits per heavy atom. The monoisotopic (exact) mass is 479 g/mol. The van der Waals surface area contributed by atoms with Gasteiger partial charge in [-0.1, -0.05) is 23.7 Å². The van der Waals surface area contributed by atoms with Gasteiger partial charge in [0.2, 0.25) is 5.91 Å². The lowest BCUT2D eigenvalue weighted by Crippen LogP contribution is -2.46. The molecule has 0 aliphatic carbocycles. The smallest absolute Gasteiger partial charge is 0.261 e. The molecule has 0 saturated carbocycles. The van der Waals surface area contributed by atoms with Crippen molar-refractivity contribution < 1.29 is 22.7 Å². The molecule has 0 spiro atoms. The molecule has 1 aliphatic heterocycles. The molecule has 1 saturated heterocycles. The molecule has 0 aromatic heterocycles. The Kier molecular flexibility index (Phi) is 7.76. The fourth-order valence-corrected chi connectivity index (χ4v) is 4.83. The molecule has 1 fully saturated rings. The second kappa shape index (κ2) is 10.3. The average Bonchev–Trinajstić information content (AvgIpc) is 3.25. The number of ether oxygens (including phenoxy) is 1. The first kappa shape index (κ1) is 24.0. The second-order valence-electron chi connectivity index (χ2n) is 7.54. The summed E-state index contributed by atoms with van der Waals surface area (Å²) in [6.07, 6.45) is 1.29. The summed E-state index contributed by atoms with van der Waals surface area (Å²) in [5, 5.41) is 3.12. The summed E-state index contributed by atoms with van der Waals surface area (Å²) in [4.78, 5) is 27.1. The standard InChI is InChI=1S/C22H26ClN3O5S/c1-15-8-9-18(14-19(15)23)32(29,30)25-17-6-3-5-16(13-17)22(28)26-11-4-7-20(26)21(27)24-10-12-31-2/h3,5-6,8-9,13-14,20,25H,4,7,10-12H2,1-2H3,(H,24,27). The van der Waals surface area contributed by atoms with Gasteiger partial charge in [0.15, 0.2) is 0 Å². The van der Waals surface area contributed by atoms with Crippen LogP contribution in [0.15, 0.2) is 47.4 Å². The van der Waals surface area contributed by atoms with E-state index in [9.17, 15) is 18.0 Å². The molecule has 1 atom stereocenters. The van der Waals surface area contributed by atoms with Gasteiger partial charge in [0.05, 0.1) is 11.5 Å². The topological polar surface area (TPSA) is 105 Å². The SMILES string of the molecule is COCCNC(=O)C1CCCN1C(=O)c1cccc(NS(=O)(=O)c2ccc(C)c(Cl)c2)c1. The number of benzene rings is 2. The summed E-state index contributed by atoms with van der Waals surface area (Å²) in [6.45, 7) is 3.00. The van der Waals surface area contributed by atoms with Crippen molar-refractivity contribution in [2.45, 2.75) is 30.7 Å². The van der Waals surface area contributed by atoms with E-state index in [1.54, 1.807) is 38.3 Å². The van der Waals surface area contributed by atoms with Crippen molar-refractivity contribution in [3.8, 4) is 0 Å². The lowest BCUT2D eigenvalue weighted by molar-refractivity contribution is -0.125. The number of hydrogen-bond donors (Lipinski definition) is 2. The molecule has 1 heterocycles. The molecule has 1 aliphatic rings. The number of hydrogen-bond acceptors (Lipinski definition) is 5. The molecule has 1 unspecified atom stereocenters. The number of nitrogens with zero attached hydrogens (tertiary/aromatic N) is 1. The van der Waals surface area contributed by atoms with E-state index in [-0.39, 0.29) is 22.4 Å². The van der Waals surface area contributed by atoms with E-state index >= 15 is 0 Å². The first-order chi connectivity index (χ1) is 15.2. The Hall–Kier alpha value is -2.62. The highest BCUT2D eigenvalue weighted by molar-refractivity contribution is 7.92. The summed E-state index contributed by atoms with van der Waals surface area (Å²) >= 11 is 6.06. The number of anilines is 1. The zero-order valence-corrected chi connectivity index (χ0v) is 19.5. The fourth-order valence-electron chi connectivity index (χ4n) is 3.51. The third-order valence-corrected chi connectivity index (χ3v) is 7.02. The first-order valence-electron chi connectivity index (χ1n) is 10.2. The molecule has 172 valence electrons. The van der Waals surface area contributed by atoms with E-state index in [1.807, 2.05) is 0 Å². The van der Waals surface area contributed by atoms with Gasteiger partial charge in [-0.05, 0) is 55.7 Å². The molecule has 8 nitrogen and oxygen atoms in total. The van der Waals surface area contributed by atoms with Crippen LogP contribution in [-0.2, 0) is 19.6 Å². The lowest BCUT2D eigenvalue weighted by atomic mass is 10.1. The van der Waals surface area contributed by atoms with E-state index in [2.05, 4.69) is 10.0 Å². The number of carbonyl (C=O) groups excluding carboxylic acids is 2. The van der Waals surface area contributed by atoms with Gasteiger partial charge in [0.25, 0.3) is 15.9 Å². The van der Waals surface area contributed by atoms with Crippen LogP contribution in [-0.4, -0.2) is 58.0 Å². The number of sulfonamides is 1. The summed E-state index contributed by atoms with van der Waals surface area (Å²) in [7, 11) is -2.34. The van der Waals surface area contributed by atoms with Crippen LogP contribution in [0.25, 0.3) is 0 Å². The minimum Gasteiger partial charge on any atom is -0.383 e. The van der Waals surface area contributed by atoms with E-state index < -0.39 is 16.1 Å². The van der Waals surface area contributed by atoms with E-state index in [0.29, 0.717) is 43.1 Å². The predicted octanol–water partition coefficient (Wildman–Crippen LogP) is 2.82. The van der Waals surface area contributed by atoms with Crippen LogP contribution >= 0.6 is 11.6 Å². The van der Waals surface area contributed by atoms with Crippen LogP contribution < -0.4 is 10.0 Å². The number of carbonyl (C=O) groups is 2. The van der Waals surface area contributed by atoms with Crippen LogP contribution in [0.3, 0.4) is 0 Å². The highest BCUT2D eigenvalue weighted by atomic mass is 35.5. The molecule has 2 N–H and O–H groups in total. The van der Waals surface area contributed by atoms with Crippen LogP contribution in [0, 0.1) is 6.92 Å². The number of likely N-dealkylation sites (tertiary alicyclic amines) is 1. The van der Waals surface area contributed by atoms with Gasteiger partial charge >= 0.3 is 0 Å². The van der Waals surface area contributed by atoms with E-state index in [1.165, 1.54) is 23.1 Å². The summed E-state index contributed by atoms with van der Waals surface area (Å²) in [5.41, 5.74) is 1.31. The normalized spacial score (nSPS) is 16.1. The van der Waals surface area contributed by atoms with Crippen LogP contribution in [0.1, 0.15) is 28.8 Å². The number of methoxy groups -OCH3 is 1. The maximum absolute atomic E-state index is 13.1. The Morgan fingerprint density at radius 1 is 1.22 bits per heavy atom. The van der Waals surface area contributed by atoms with Crippen LogP contribution in [0.4, 0.5) is 5.69 Å². The number of amides is 2. The van der Waals surface area contributed by atoms with Gasteiger partial charge in [-0.25, -0.2) is 8.42 Å². The number of nitrogens with one attached hydrogen (secondary N) is 2. The zero-order valence-electron chi connectivity index (χ0n) is 17.9. The van der Waals surface area contributed by atoms with Crippen molar-refractivity contribution >= 4 is 39.1 Å². The van der Waals surface area contributed by atoms with Crippen molar-refractivity contribution in [2.24, 2.45) is 0 Å². The van der Waals surface area contributed by atoms with E-state index in [4.69, 9.17) is 16.3 Å². The van der Waals surface area contributed by atoms with Gasteiger partial charge in [-0.15, -0.1) is 0 Å². The molecule has 2 aromatic carbocycles. The summed E-state index contributed by atoms with van der Waals surface area (Å²) in [6, 6.07) is 10.1. The molecule has 2 aromatic rings. The lowest BCUT2D eigenvalue weighted by Gasteiger charge is -2.24. The minimum atomic E-state index is -3.89. The Morgan fingerprint density at radius 2 is 2.00 bits per heavy atom. The van der Waals surface area contributed by atoms with Crippen molar-refractivity contribution in [2.75, 3.05) is 31.5 Å². The largest absolute Gasteiger partial charge is 0.383 e. The fraction of sp³-hybridized carbons (Fsp3) is 0.364. The third kappa shape index (κ3) is 5.59. The van der Waals surface area contributed by atoms with Gasteiger partial charge in [0, 0.05) is 36.5 Å². The molecule has 2 amide bonds. The quantitative estimate of drug-likeness (QED) is 0.566. The number of halogens is 1. The Balaban J connectivity index is 1.75. The van der Waals surface area contributed by atoms with Gasteiger partial charge < -0.3 is 15.0 Å². The van der Waals surface area contributed by atoms with Gasteiger partial charge in [-0.2, -0.15) is 0 Å². The van der Waals surface area contributed by atoms with Crippen LogP contribution in [0.2, 0.25) is 5.02 Å². The summed E-state index contributed by atoms with van der Waals surface area (Å²) in [5.74, 6) is -0.546. The third-order valence-electron chi connectivity index (χ3n) is 5.24. The molecule has 0 radical (unpaired) electrons. The van der Waals surface area contributed by atoms with Crippen molar-refractivity contribution in [3.63, 3.8) is 0 Å². The molecule has 0 bridgehead atoms. The van der Waals surface area contributed by atoms with Gasteiger partial charge in [0.1, 0.15) is 6.04 Å². The van der Waals surface area contributed by atoms with Gasteiger partial charge in [-0.3, -0.25) is 14.3 Å². The number of aryl methyl sites for hydroxylation is 1. The zero-order chi connectivity index (χ0) is 23.3. The van der Waals surface area contributed by atoms with Crippen molar-refractivity contribution in [1.82, 2.24) is 10.2 Å². The highest BCUT2D eigenvalue weighted by Crippen LogP contribution is 2.24. The minimum absolute atomic E-state index is 0.0252. The molecule has 10 heteroatoms. The number of rotatable bonds is 8. The molecular formula is C22H26ClN3O5S.